The highest BCUT2D eigenvalue weighted by Crippen LogP contribution is 2.49. The van der Waals surface area contributed by atoms with Crippen molar-refractivity contribution in [1.29, 1.82) is 0 Å². The summed E-state index contributed by atoms with van der Waals surface area (Å²) < 4.78 is 0. The first-order valence-electron chi connectivity index (χ1n) is 27.2. The van der Waals surface area contributed by atoms with Gasteiger partial charge in [0.2, 0.25) is 0 Å². The third-order valence-electron chi connectivity index (χ3n) is 14.2. The van der Waals surface area contributed by atoms with E-state index in [0.717, 1.165) is 48.4 Å². The molecule has 370 valence electrons. The molecule has 2 atom stereocenters. The van der Waals surface area contributed by atoms with Crippen LogP contribution in [-0.2, 0) is 6.42 Å². The fraction of sp³-hybridized carbons (Fsp3) is 0.286. The molecule has 0 saturated heterocycles. The van der Waals surface area contributed by atoms with E-state index in [-0.39, 0.29) is 0 Å². The van der Waals surface area contributed by atoms with Crippen molar-refractivity contribution < 1.29 is 0 Å². The number of anilines is 6. The molecule has 0 N–H and O–H groups in total. The normalized spacial score (nSPS) is 11.8. The first-order chi connectivity index (χ1) is 35.0. The molecule has 0 spiro atoms. The Morgan fingerprint density at radius 2 is 0.764 bits per heavy atom. The first kappa shape index (κ1) is 52.9. The topological polar surface area (TPSA) is 6.48 Å². The summed E-state index contributed by atoms with van der Waals surface area (Å²) in [7, 11) is 0. The van der Waals surface area contributed by atoms with Crippen LogP contribution in [0.2, 0.25) is 0 Å². The van der Waals surface area contributed by atoms with Crippen molar-refractivity contribution in [1.82, 2.24) is 0 Å². The molecule has 9 rings (SSSR count). The minimum Gasteiger partial charge on any atom is -0.310 e. The fourth-order valence-electron chi connectivity index (χ4n) is 9.97. The van der Waals surface area contributed by atoms with Crippen LogP contribution in [-0.4, -0.2) is 0 Å². The molecule has 0 fully saturated rings. The number of nitrogens with zero attached hydrogens (tertiary/aromatic N) is 2. The number of aryl methyl sites for hydroxylation is 4. The molecule has 0 bridgehead atoms. The molecule has 0 radical (unpaired) electrons. The van der Waals surface area contributed by atoms with E-state index in [1.165, 1.54) is 101 Å². The zero-order valence-electron chi connectivity index (χ0n) is 45.6. The van der Waals surface area contributed by atoms with Gasteiger partial charge in [-0.15, -0.1) is 0 Å². The minimum absolute atomic E-state index is 0.448. The highest BCUT2D eigenvalue weighted by molar-refractivity contribution is 6.22. The summed E-state index contributed by atoms with van der Waals surface area (Å²) >= 11 is 0. The van der Waals surface area contributed by atoms with Crippen LogP contribution in [0.1, 0.15) is 140 Å². The second-order valence-corrected chi connectivity index (χ2v) is 19.7. The Hall–Kier alpha value is -6.90. The lowest BCUT2D eigenvalue weighted by Crippen LogP contribution is -2.12. The first-order valence-corrected chi connectivity index (χ1v) is 27.2. The average molecular weight is 949 g/mol. The number of benzene rings is 9. The maximum Gasteiger partial charge on any atom is 0.0468 e. The molecule has 9 aromatic rings. The Bertz CT molecular complexity index is 3150. The van der Waals surface area contributed by atoms with E-state index in [4.69, 9.17) is 0 Å². The van der Waals surface area contributed by atoms with Crippen LogP contribution in [0.5, 0.6) is 0 Å². The molecule has 0 aromatic heterocycles. The summed E-state index contributed by atoms with van der Waals surface area (Å²) in [5.74, 6) is 0.897. The van der Waals surface area contributed by atoms with Gasteiger partial charge in [-0.1, -0.05) is 191 Å². The summed E-state index contributed by atoms with van der Waals surface area (Å²) in [6, 6.07) is 68.9. The van der Waals surface area contributed by atoms with Gasteiger partial charge in [-0.3, -0.25) is 0 Å². The second kappa shape index (κ2) is 25.0. The molecule has 0 amide bonds. The molecule has 0 aliphatic carbocycles. The number of hydrogen-bond donors (Lipinski definition) is 0. The summed E-state index contributed by atoms with van der Waals surface area (Å²) in [6.07, 6.45) is 6.97. The fourth-order valence-corrected chi connectivity index (χ4v) is 9.97. The van der Waals surface area contributed by atoms with E-state index in [9.17, 15) is 0 Å². The highest BCUT2D eigenvalue weighted by Gasteiger charge is 2.23. The number of fused-ring (bicyclic) bond motifs is 2. The maximum atomic E-state index is 2.50. The van der Waals surface area contributed by atoms with E-state index in [0.29, 0.717) is 11.8 Å². The smallest absolute Gasteiger partial charge is 0.0468 e. The van der Waals surface area contributed by atoms with Gasteiger partial charge in [0.05, 0.1) is 0 Å². The zero-order valence-corrected chi connectivity index (χ0v) is 45.6. The van der Waals surface area contributed by atoms with Gasteiger partial charge in [0.1, 0.15) is 0 Å². The van der Waals surface area contributed by atoms with Crippen molar-refractivity contribution in [3.63, 3.8) is 0 Å². The highest BCUT2D eigenvalue weighted by atomic mass is 15.1. The number of hydrogen-bond acceptors (Lipinski definition) is 2. The molecule has 9 aromatic carbocycles. The zero-order chi connectivity index (χ0) is 51.3. The Balaban J connectivity index is 0.00000121. The molecule has 2 nitrogen and oxygen atoms in total. The number of unbranched alkanes of at least 4 members (excludes halogenated alkanes) is 1. The summed E-state index contributed by atoms with van der Waals surface area (Å²) in [6.45, 7) is 26.6. The lowest BCUT2D eigenvalue weighted by atomic mass is 9.85. The Morgan fingerprint density at radius 1 is 0.347 bits per heavy atom. The van der Waals surface area contributed by atoms with Gasteiger partial charge in [0.15, 0.2) is 0 Å². The Morgan fingerprint density at radius 3 is 1.17 bits per heavy atom. The predicted octanol–water partition coefficient (Wildman–Crippen LogP) is 22.0. The van der Waals surface area contributed by atoms with Crippen molar-refractivity contribution in [2.75, 3.05) is 9.80 Å². The van der Waals surface area contributed by atoms with Gasteiger partial charge in [0, 0.05) is 34.1 Å². The van der Waals surface area contributed by atoms with Crippen molar-refractivity contribution in [2.45, 2.75) is 133 Å². The molecule has 2 heteroatoms. The lowest BCUT2D eigenvalue weighted by molar-refractivity contribution is 0.711. The van der Waals surface area contributed by atoms with Crippen LogP contribution in [0.4, 0.5) is 34.1 Å². The molecule has 72 heavy (non-hydrogen) atoms. The molecule has 2 unspecified atom stereocenters. The lowest BCUT2D eigenvalue weighted by Gasteiger charge is -2.30. The summed E-state index contributed by atoms with van der Waals surface area (Å²) in [5, 5.41) is 4.92. The largest absolute Gasteiger partial charge is 0.310 e. The van der Waals surface area contributed by atoms with Crippen molar-refractivity contribution >= 4 is 55.7 Å². The van der Waals surface area contributed by atoms with Gasteiger partial charge in [0.25, 0.3) is 0 Å². The molecule has 0 heterocycles. The number of rotatable bonds is 15. The van der Waals surface area contributed by atoms with Crippen LogP contribution in [0.25, 0.3) is 43.8 Å². The van der Waals surface area contributed by atoms with E-state index in [1.807, 2.05) is 13.8 Å². The minimum atomic E-state index is 0.448. The van der Waals surface area contributed by atoms with Crippen molar-refractivity contribution in [3.05, 3.63) is 215 Å². The molecule has 0 saturated carbocycles. The predicted molar refractivity (Wildman–Crippen MR) is 319 cm³/mol. The Labute approximate surface area is 434 Å². The average Bonchev–Trinajstić information content (AvgIpc) is 3.41. The molecular formula is C70H80N2. The van der Waals surface area contributed by atoms with E-state index in [2.05, 4.69) is 261 Å². The second-order valence-electron chi connectivity index (χ2n) is 19.7. The van der Waals surface area contributed by atoms with Gasteiger partial charge in [-0.05, 0) is 202 Å². The third kappa shape index (κ3) is 11.9. The molecule has 0 aliphatic rings. The van der Waals surface area contributed by atoms with Gasteiger partial charge < -0.3 is 9.80 Å². The summed E-state index contributed by atoms with van der Waals surface area (Å²) in [5.41, 5.74) is 19.8. The standard InChI is InChI=1S/C64H64N2.C4H10.C2H6/c1-9-20-48-33-45(6)36-57(37-48)65(53-27-18-21-43(4)34-53)55-29-31-59-61(41-55)63(49-23-14-12-15-24-49)60-32-30-56(42-62(60)64(59)50-25-16-13-17-26-50)66(54-28-19-22-44(5)35-54)58-39-51(46(7)10-2)38-52(40-58)47(8)11-3;1-3-4-2;1-2/h12-19,21-42,46-47H,9-11,20H2,1-8H3;3-4H2,1-2H3;1-2H3. The quantitative estimate of drug-likeness (QED) is 0.0945. The van der Waals surface area contributed by atoms with Crippen LogP contribution < -0.4 is 9.80 Å². The van der Waals surface area contributed by atoms with Gasteiger partial charge in [-0.25, -0.2) is 0 Å². The monoisotopic (exact) mass is 949 g/mol. The Kier molecular flexibility index (Phi) is 18.4. The van der Waals surface area contributed by atoms with Gasteiger partial charge >= 0.3 is 0 Å². The van der Waals surface area contributed by atoms with Crippen molar-refractivity contribution in [2.24, 2.45) is 0 Å². The molecular weight excluding hydrogens is 869 g/mol. The van der Waals surface area contributed by atoms with Crippen molar-refractivity contribution in [3.8, 4) is 22.3 Å². The van der Waals surface area contributed by atoms with Crippen LogP contribution in [0, 0.1) is 20.8 Å². The summed E-state index contributed by atoms with van der Waals surface area (Å²) in [4.78, 5) is 4.96. The van der Waals surface area contributed by atoms with E-state index < -0.39 is 0 Å². The van der Waals surface area contributed by atoms with Gasteiger partial charge in [-0.2, -0.15) is 0 Å². The van der Waals surface area contributed by atoms with E-state index in [1.54, 1.807) is 0 Å². The third-order valence-corrected chi connectivity index (χ3v) is 14.2. The van der Waals surface area contributed by atoms with E-state index >= 15 is 0 Å². The molecule has 0 aliphatic heterocycles. The van der Waals surface area contributed by atoms with Crippen LogP contribution in [0.15, 0.2) is 182 Å². The maximum absolute atomic E-state index is 2.50. The SMILES string of the molecule is CC.CCCC.CCCc1cc(C)cc(N(c2cccc(C)c2)c2ccc3c(-c4ccccc4)c4cc(N(c5cccc(C)c5)c5cc(C(C)CC)cc(C(C)CC)c5)ccc4c(-c4ccccc4)c3c2)c1. The van der Waals surface area contributed by atoms with Crippen LogP contribution >= 0.6 is 0 Å². The van der Waals surface area contributed by atoms with Crippen LogP contribution in [0.3, 0.4) is 0 Å².